The summed E-state index contributed by atoms with van der Waals surface area (Å²) in [5.74, 6) is -0.526. The zero-order valence-electron chi connectivity index (χ0n) is 17.6. The zero-order valence-corrected chi connectivity index (χ0v) is 17.6. The molecule has 0 spiro atoms. The Morgan fingerprint density at radius 2 is 2.00 bits per heavy atom. The molecular formula is C20H38N4O3. The quantitative estimate of drug-likeness (QED) is 0.592. The fourth-order valence-corrected chi connectivity index (χ4v) is 4.88. The van der Waals surface area contributed by atoms with Crippen LogP contribution in [0.4, 0.5) is 0 Å². The first kappa shape index (κ1) is 22.1. The van der Waals surface area contributed by atoms with E-state index in [1.165, 1.54) is 0 Å². The van der Waals surface area contributed by atoms with Crippen molar-refractivity contribution < 1.29 is 14.7 Å². The molecule has 156 valence electrons. The average Bonchev–Trinajstić information content (AvgIpc) is 2.87. The van der Waals surface area contributed by atoms with Crippen molar-refractivity contribution in [3.8, 4) is 0 Å². The lowest BCUT2D eigenvalue weighted by atomic mass is 9.80. The van der Waals surface area contributed by atoms with Crippen molar-refractivity contribution in [3.63, 3.8) is 0 Å². The molecule has 1 saturated carbocycles. The van der Waals surface area contributed by atoms with Crippen LogP contribution in [0.5, 0.6) is 0 Å². The van der Waals surface area contributed by atoms with E-state index in [0.29, 0.717) is 30.8 Å². The van der Waals surface area contributed by atoms with Crippen molar-refractivity contribution in [1.82, 2.24) is 20.7 Å². The van der Waals surface area contributed by atoms with E-state index in [1.54, 1.807) is 0 Å². The van der Waals surface area contributed by atoms with E-state index < -0.39 is 11.9 Å². The Hall–Kier alpha value is -1.18. The van der Waals surface area contributed by atoms with E-state index in [-0.39, 0.29) is 18.0 Å². The van der Waals surface area contributed by atoms with Gasteiger partial charge in [0.1, 0.15) is 0 Å². The standard InChI is InChI=1S/C20H38N4O3/c1-6-19(25)21-15-9-10-18(17(12-15)20(26)27)23(4)11-7-8-16-13(2)22-24(5)14(16)3/h13-18,22H,6-12H2,1-5H3,(H,21,25)(H,26,27). The predicted octanol–water partition coefficient (Wildman–Crippen LogP) is 1.69. The SMILES string of the molecule is CCC(=O)NC1CCC(N(C)CCCC2C(C)NN(C)C2C)C(C(=O)O)C1. The number of carbonyl (C=O) groups is 2. The van der Waals surface area contributed by atoms with E-state index in [9.17, 15) is 14.7 Å². The molecule has 3 N–H and O–H groups in total. The highest BCUT2D eigenvalue weighted by Gasteiger charge is 2.38. The lowest BCUT2D eigenvalue weighted by Gasteiger charge is -2.39. The molecule has 1 saturated heterocycles. The second-order valence-corrected chi connectivity index (χ2v) is 8.50. The molecule has 6 unspecified atom stereocenters. The van der Waals surface area contributed by atoms with Crippen LogP contribution >= 0.6 is 0 Å². The third-order valence-corrected chi connectivity index (χ3v) is 6.71. The molecule has 7 nitrogen and oxygen atoms in total. The van der Waals surface area contributed by atoms with Crippen LogP contribution in [0, 0.1) is 11.8 Å². The highest BCUT2D eigenvalue weighted by Crippen LogP contribution is 2.30. The van der Waals surface area contributed by atoms with E-state index in [1.807, 2.05) is 6.92 Å². The van der Waals surface area contributed by atoms with Crippen LogP contribution in [-0.2, 0) is 9.59 Å². The molecule has 7 heteroatoms. The summed E-state index contributed by atoms with van der Waals surface area (Å²) >= 11 is 0. The van der Waals surface area contributed by atoms with Crippen molar-refractivity contribution in [1.29, 1.82) is 0 Å². The molecule has 1 aliphatic carbocycles. The fraction of sp³-hybridized carbons (Fsp3) is 0.900. The number of rotatable bonds is 8. The molecule has 0 radical (unpaired) electrons. The van der Waals surface area contributed by atoms with Gasteiger partial charge in [0.05, 0.1) is 5.92 Å². The summed E-state index contributed by atoms with van der Waals surface area (Å²) < 4.78 is 0. The van der Waals surface area contributed by atoms with Gasteiger partial charge in [0.15, 0.2) is 0 Å². The van der Waals surface area contributed by atoms with Crippen LogP contribution in [-0.4, -0.2) is 71.7 Å². The van der Waals surface area contributed by atoms with Crippen LogP contribution in [0.2, 0.25) is 0 Å². The maximum absolute atomic E-state index is 11.8. The number of carboxylic acid groups (broad SMARTS) is 1. The minimum Gasteiger partial charge on any atom is -0.481 e. The Balaban J connectivity index is 1.84. The number of hydrogen-bond acceptors (Lipinski definition) is 5. The van der Waals surface area contributed by atoms with Gasteiger partial charge in [-0.25, -0.2) is 5.01 Å². The molecule has 2 fully saturated rings. The minimum atomic E-state index is -0.744. The number of hydrogen-bond donors (Lipinski definition) is 3. The Morgan fingerprint density at radius 3 is 2.56 bits per heavy atom. The zero-order chi connectivity index (χ0) is 20.1. The number of nitrogens with one attached hydrogen (secondary N) is 2. The van der Waals surface area contributed by atoms with Crippen LogP contribution in [0.25, 0.3) is 0 Å². The van der Waals surface area contributed by atoms with Gasteiger partial charge in [-0.05, 0) is 65.5 Å². The Bertz CT molecular complexity index is 515. The predicted molar refractivity (Wildman–Crippen MR) is 106 cm³/mol. The van der Waals surface area contributed by atoms with Gasteiger partial charge in [-0.3, -0.25) is 15.0 Å². The van der Waals surface area contributed by atoms with Crippen LogP contribution in [0.15, 0.2) is 0 Å². The largest absolute Gasteiger partial charge is 0.481 e. The second kappa shape index (κ2) is 9.85. The summed E-state index contributed by atoms with van der Waals surface area (Å²) in [5.41, 5.74) is 3.47. The van der Waals surface area contributed by atoms with E-state index in [0.717, 1.165) is 32.2 Å². The number of nitrogens with zero attached hydrogens (tertiary/aromatic N) is 2. The van der Waals surface area contributed by atoms with Gasteiger partial charge in [-0.1, -0.05) is 6.92 Å². The molecule has 2 rings (SSSR count). The first-order chi connectivity index (χ1) is 12.7. The maximum atomic E-state index is 11.8. The third kappa shape index (κ3) is 5.65. The highest BCUT2D eigenvalue weighted by atomic mass is 16.4. The first-order valence-electron chi connectivity index (χ1n) is 10.5. The molecule has 1 heterocycles. The number of carboxylic acids is 1. The average molecular weight is 383 g/mol. The normalized spacial score (nSPS) is 34.7. The van der Waals surface area contributed by atoms with Crippen molar-refractivity contribution >= 4 is 11.9 Å². The smallest absolute Gasteiger partial charge is 0.308 e. The number of amides is 1. The summed E-state index contributed by atoms with van der Waals surface area (Å²) in [4.78, 5) is 25.7. The maximum Gasteiger partial charge on any atom is 0.308 e. The van der Waals surface area contributed by atoms with Gasteiger partial charge in [-0.15, -0.1) is 0 Å². The molecule has 0 aromatic carbocycles. The summed E-state index contributed by atoms with van der Waals surface area (Å²) in [6, 6.07) is 1.05. The molecule has 1 aliphatic heterocycles. The number of aliphatic carboxylic acids is 1. The van der Waals surface area contributed by atoms with E-state index in [2.05, 4.69) is 48.6 Å². The molecule has 0 aromatic rings. The lowest BCUT2D eigenvalue weighted by molar-refractivity contribution is -0.146. The molecule has 2 aliphatic rings. The van der Waals surface area contributed by atoms with Crippen molar-refractivity contribution in [2.75, 3.05) is 20.6 Å². The summed E-state index contributed by atoms with van der Waals surface area (Å²) in [5, 5.41) is 14.9. The van der Waals surface area contributed by atoms with Crippen LogP contribution in [0.1, 0.15) is 59.3 Å². The van der Waals surface area contributed by atoms with Gasteiger partial charge in [0.2, 0.25) is 5.91 Å². The Morgan fingerprint density at radius 1 is 1.30 bits per heavy atom. The fourth-order valence-electron chi connectivity index (χ4n) is 4.88. The molecular weight excluding hydrogens is 344 g/mol. The lowest BCUT2D eigenvalue weighted by Crippen LogP contribution is -2.50. The van der Waals surface area contributed by atoms with Gasteiger partial charge in [0.25, 0.3) is 0 Å². The third-order valence-electron chi connectivity index (χ3n) is 6.71. The first-order valence-corrected chi connectivity index (χ1v) is 10.5. The van der Waals surface area contributed by atoms with E-state index >= 15 is 0 Å². The Kier molecular flexibility index (Phi) is 8.06. The van der Waals surface area contributed by atoms with Gasteiger partial charge in [-0.2, -0.15) is 0 Å². The highest BCUT2D eigenvalue weighted by molar-refractivity contribution is 5.76. The van der Waals surface area contributed by atoms with Gasteiger partial charge >= 0.3 is 5.97 Å². The molecule has 0 aromatic heterocycles. The number of hydrazine groups is 1. The van der Waals surface area contributed by atoms with Crippen LogP contribution < -0.4 is 10.7 Å². The van der Waals surface area contributed by atoms with Crippen molar-refractivity contribution in [2.45, 2.75) is 83.5 Å². The van der Waals surface area contributed by atoms with Gasteiger partial charge < -0.3 is 15.3 Å². The summed E-state index contributed by atoms with van der Waals surface area (Å²) in [7, 11) is 4.15. The van der Waals surface area contributed by atoms with E-state index in [4.69, 9.17) is 0 Å². The van der Waals surface area contributed by atoms with Crippen LogP contribution in [0.3, 0.4) is 0 Å². The monoisotopic (exact) mass is 382 g/mol. The topological polar surface area (TPSA) is 84.9 Å². The molecule has 27 heavy (non-hydrogen) atoms. The summed E-state index contributed by atoms with van der Waals surface area (Å²) in [6.07, 6.45) is 4.87. The van der Waals surface area contributed by atoms with Crippen molar-refractivity contribution in [3.05, 3.63) is 0 Å². The van der Waals surface area contributed by atoms with Crippen molar-refractivity contribution in [2.24, 2.45) is 11.8 Å². The Labute approximate surface area is 163 Å². The summed E-state index contributed by atoms with van der Waals surface area (Å²) in [6.45, 7) is 7.24. The molecule has 0 bridgehead atoms. The van der Waals surface area contributed by atoms with Gasteiger partial charge in [0, 0.05) is 37.6 Å². The molecule has 1 amide bonds. The minimum absolute atomic E-state index is 0.00863. The molecule has 6 atom stereocenters. The second-order valence-electron chi connectivity index (χ2n) is 8.50. The number of carbonyl (C=O) groups excluding carboxylic acids is 1.